The Morgan fingerprint density at radius 2 is 2.00 bits per heavy atom. The summed E-state index contributed by atoms with van der Waals surface area (Å²) in [5, 5.41) is 9.83. The summed E-state index contributed by atoms with van der Waals surface area (Å²) < 4.78 is 6.03. The number of hydrogen-bond acceptors (Lipinski definition) is 4. The monoisotopic (exact) mass is 310 g/mol. The Labute approximate surface area is 131 Å². The maximum absolute atomic E-state index is 9.04. The molecule has 5 heteroatoms. The van der Waals surface area contributed by atoms with Crippen molar-refractivity contribution in [2.45, 2.75) is 18.9 Å². The van der Waals surface area contributed by atoms with Gasteiger partial charge in [-0.25, -0.2) is 0 Å². The van der Waals surface area contributed by atoms with E-state index in [4.69, 9.17) is 21.4 Å². The van der Waals surface area contributed by atoms with Crippen LogP contribution in [0.2, 0.25) is 5.02 Å². The molecule has 1 aromatic carbocycles. The average Bonchev–Trinajstić information content (AvgIpc) is 2.72. The van der Waals surface area contributed by atoms with Gasteiger partial charge in [0.15, 0.2) is 0 Å². The van der Waals surface area contributed by atoms with Gasteiger partial charge in [-0.05, 0) is 43.3 Å². The lowest BCUT2D eigenvalue weighted by Gasteiger charge is -2.24. The minimum absolute atomic E-state index is 0.239. The van der Waals surface area contributed by atoms with Crippen LogP contribution in [0.3, 0.4) is 0 Å². The predicted octanol–water partition coefficient (Wildman–Crippen LogP) is 1.64. The van der Waals surface area contributed by atoms with Gasteiger partial charge in [0.25, 0.3) is 0 Å². The number of rotatable bonds is 4. The van der Waals surface area contributed by atoms with E-state index in [-0.39, 0.29) is 12.7 Å². The number of fused-ring (bicyclic) bond motifs is 1. The minimum Gasteiger partial charge on any atom is -0.488 e. The molecule has 0 aromatic heterocycles. The third kappa shape index (κ3) is 3.89. The summed E-state index contributed by atoms with van der Waals surface area (Å²) in [7, 11) is 0. The number of aliphatic hydroxyl groups excluding tert-OH is 1. The highest BCUT2D eigenvalue weighted by molar-refractivity contribution is 6.30. The van der Waals surface area contributed by atoms with E-state index in [0.717, 1.165) is 62.9 Å². The highest BCUT2D eigenvalue weighted by Gasteiger charge is 2.26. The summed E-state index contributed by atoms with van der Waals surface area (Å²) in [6.07, 6.45) is 2.35. The largest absolute Gasteiger partial charge is 0.488 e. The first-order valence-electron chi connectivity index (χ1n) is 7.75. The lowest BCUT2D eigenvalue weighted by molar-refractivity contribution is 0.149. The fourth-order valence-corrected chi connectivity index (χ4v) is 3.45. The molecular weight excluding hydrogens is 288 g/mol. The summed E-state index contributed by atoms with van der Waals surface area (Å²) >= 11 is 6.04. The summed E-state index contributed by atoms with van der Waals surface area (Å²) in [6, 6.07) is 5.88. The number of nitrogens with zero attached hydrogens (tertiary/aromatic N) is 2. The lowest BCUT2D eigenvalue weighted by atomic mass is 10.1. The number of halogens is 1. The minimum atomic E-state index is 0.239. The Kier molecular flexibility index (Phi) is 5.01. The summed E-state index contributed by atoms with van der Waals surface area (Å²) in [5.41, 5.74) is 1.23. The Bertz CT molecular complexity index is 483. The third-order valence-corrected chi connectivity index (χ3v) is 4.56. The predicted molar refractivity (Wildman–Crippen MR) is 84.2 cm³/mol. The van der Waals surface area contributed by atoms with Crippen LogP contribution in [-0.4, -0.2) is 66.9 Å². The number of hydrogen-bond donors (Lipinski definition) is 1. The van der Waals surface area contributed by atoms with Gasteiger partial charge in [-0.15, -0.1) is 0 Å². The van der Waals surface area contributed by atoms with Gasteiger partial charge in [-0.3, -0.25) is 9.80 Å². The standard InChI is InChI=1S/C16H23ClN2O2/c17-14-2-3-16-13(10-14)11-15(21-16)12-19-5-1-4-18(6-7-19)8-9-20/h2-3,10,15,20H,1,4-9,11-12H2. The number of aliphatic hydroxyl groups is 1. The normalized spacial score (nSPS) is 23.6. The van der Waals surface area contributed by atoms with E-state index < -0.39 is 0 Å². The molecule has 0 radical (unpaired) electrons. The first-order valence-corrected chi connectivity index (χ1v) is 8.13. The van der Waals surface area contributed by atoms with Crippen LogP contribution in [0.4, 0.5) is 0 Å². The fraction of sp³-hybridized carbons (Fsp3) is 0.625. The van der Waals surface area contributed by atoms with Crippen molar-refractivity contribution in [3.05, 3.63) is 28.8 Å². The van der Waals surface area contributed by atoms with Gasteiger partial charge < -0.3 is 9.84 Å². The molecule has 2 aliphatic heterocycles. The van der Waals surface area contributed by atoms with Gasteiger partial charge in [0.2, 0.25) is 0 Å². The second-order valence-electron chi connectivity index (χ2n) is 5.92. The smallest absolute Gasteiger partial charge is 0.123 e. The molecule has 116 valence electrons. The van der Waals surface area contributed by atoms with E-state index >= 15 is 0 Å². The molecule has 1 N–H and O–H groups in total. The van der Waals surface area contributed by atoms with Gasteiger partial charge >= 0.3 is 0 Å². The van der Waals surface area contributed by atoms with E-state index in [0.29, 0.717) is 0 Å². The zero-order valence-corrected chi connectivity index (χ0v) is 13.1. The van der Waals surface area contributed by atoms with Crippen molar-refractivity contribution >= 4 is 11.6 Å². The van der Waals surface area contributed by atoms with Crippen LogP contribution >= 0.6 is 11.6 Å². The highest BCUT2D eigenvalue weighted by Crippen LogP contribution is 2.31. The topological polar surface area (TPSA) is 35.9 Å². The van der Waals surface area contributed by atoms with Crippen LogP contribution in [0, 0.1) is 0 Å². The van der Waals surface area contributed by atoms with Crippen molar-refractivity contribution in [2.24, 2.45) is 0 Å². The lowest BCUT2D eigenvalue weighted by Crippen LogP contribution is -2.38. The summed E-state index contributed by atoms with van der Waals surface area (Å²) in [4.78, 5) is 4.82. The highest BCUT2D eigenvalue weighted by atomic mass is 35.5. The Morgan fingerprint density at radius 1 is 1.19 bits per heavy atom. The van der Waals surface area contributed by atoms with Crippen LogP contribution in [0.25, 0.3) is 0 Å². The first-order chi connectivity index (χ1) is 10.2. The molecule has 2 aliphatic rings. The van der Waals surface area contributed by atoms with Crippen molar-refractivity contribution in [2.75, 3.05) is 45.9 Å². The molecule has 1 unspecified atom stereocenters. The van der Waals surface area contributed by atoms with E-state index in [2.05, 4.69) is 9.80 Å². The molecule has 0 amide bonds. The molecular formula is C16H23ClN2O2. The molecule has 1 atom stereocenters. The number of benzene rings is 1. The Balaban J connectivity index is 1.52. The maximum Gasteiger partial charge on any atom is 0.123 e. The SMILES string of the molecule is OCCN1CCCN(CC2Cc3cc(Cl)ccc3O2)CC1. The van der Waals surface area contributed by atoms with Crippen molar-refractivity contribution in [3.63, 3.8) is 0 Å². The van der Waals surface area contributed by atoms with Crippen molar-refractivity contribution in [3.8, 4) is 5.75 Å². The first kappa shape index (κ1) is 15.1. The van der Waals surface area contributed by atoms with Crippen molar-refractivity contribution in [1.29, 1.82) is 0 Å². The Hall–Kier alpha value is -0.810. The fourth-order valence-electron chi connectivity index (χ4n) is 3.25. The number of β-amino-alcohol motifs (C(OH)–C–C–N with tert-alkyl or cyclic N) is 1. The molecule has 1 aromatic rings. The number of ether oxygens (including phenoxy) is 1. The second-order valence-corrected chi connectivity index (χ2v) is 6.35. The molecule has 21 heavy (non-hydrogen) atoms. The summed E-state index contributed by atoms with van der Waals surface area (Å²) in [6.45, 7) is 6.29. The van der Waals surface area contributed by atoms with Crippen LogP contribution in [-0.2, 0) is 6.42 Å². The average molecular weight is 311 g/mol. The van der Waals surface area contributed by atoms with Crippen LogP contribution in [0.5, 0.6) is 5.75 Å². The van der Waals surface area contributed by atoms with Crippen LogP contribution in [0.15, 0.2) is 18.2 Å². The molecule has 2 heterocycles. The van der Waals surface area contributed by atoms with Crippen LogP contribution < -0.4 is 4.74 Å². The van der Waals surface area contributed by atoms with Crippen molar-refractivity contribution < 1.29 is 9.84 Å². The summed E-state index contributed by atoms with van der Waals surface area (Å²) in [5.74, 6) is 0.987. The molecule has 0 saturated carbocycles. The van der Waals surface area contributed by atoms with Gasteiger partial charge in [-0.1, -0.05) is 11.6 Å². The Morgan fingerprint density at radius 3 is 2.86 bits per heavy atom. The third-order valence-electron chi connectivity index (χ3n) is 4.32. The van der Waals surface area contributed by atoms with Gasteiger partial charge in [0.05, 0.1) is 6.61 Å². The second kappa shape index (κ2) is 6.97. The van der Waals surface area contributed by atoms with E-state index in [9.17, 15) is 0 Å². The molecule has 0 bridgehead atoms. The molecule has 0 aliphatic carbocycles. The van der Waals surface area contributed by atoms with Gasteiger partial charge in [0, 0.05) is 37.6 Å². The van der Waals surface area contributed by atoms with Gasteiger partial charge in [-0.2, -0.15) is 0 Å². The molecule has 1 saturated heterocycles. The van der Waals surface area contributed by atoms with E-state index in [1.807, 2.05) is 18.2 Å². The molecule has 4 nitrogen and oxygen atoms in total. The van der Waals surface area contributed by atoms with E-state index in [1.54, 1.807) is 0 Å². The zero-order chi connectivity index (χ0) is 14.7. The molecule has 1 fully saturated rings. The molecule has 3 rings (SSSR count). The van der Waals surface area contributed by atoms with Crippen molar-refractivity contribution in [1.82, 2.24) is 9.80 Å². The van der Waals surface area contributed by atoms with E-state index in [1.165, 1.54) is 5.56 Å². The van der Waals surface area contributed by atoms with Gasteiger partial charge in [0.1, 0.15) is 11.9 Å². The quantitative estimate of drug-likeness (QED) is 0.917. The maximum atomic E-state index is 9.04. The molecule has 0 spiro atoms. The van der Waals surface area contributed by atoms with Crippen LogP contribution in [0.1, 0.15) is 12.0 Å². The zero-order valence-electron chi connectivity index (χ0n) is 12.3.